The van der Waals surface area contributed by atoms with Gasteiger partial charge in [-0.3, -0.25) is 19.8 Å². The topological polar surface area (TPSA) is 86.7 Å². The number of carboxylic acid groups (broad SMARTS) is 1. The predicted molar refractivity (Wildman–Crippen MR) is 74.6 cm³/mol. The van der Waals surface area contributed by atoms with Crippen LogP contribution in [0.4, 0.5) is 10.5 Å². The Kier molecular flexibility index (Phi) is 5.71. The number of hydrogen-bond donors (Lipinski definition) is 2. The molecule has 20 heavy (non-hydrogen) atoms. The average Bonchev–Trinajstić information content (AvgIpc) is 2.38. The minimum absolute atomic E-state index is 0.0137. The molecule has 1 rings (SSSR count). The van der Waals surface area contributed by atoms with Gasteiger partial charge in [0, 0.05) is 25.6 Å². The number of aliphatic carboxylic acids is 1. The van der Waals surface area contributed by atoms with Gasteiger partial charge < -0.3 is 5.11 Å². The third kappa shape index (κ3) is 5.09. The molecule has 0 spiro atoms. The molecule has 0 radical (unpaired) electrons. The molecule has 1 aromatic rings. The van der Waals surface area contributed by atoms with Crippen LogP contribution in [0, 0.1) is 6.92 Å². The van der Waals surface area contributed by atoms with Crippen molar-refractivity contribution in [2.75, 3.05) is 11.9 Å². The summed E-state index contributed by atoms with van der Waals surface area (Å²) < 4.78 is 0. The molecule has 0 aromatic heterocycles. The SMILES string of the molecule is Cc1ccc(N(C)C(=O)NC(=O)CCCC(=O)O)cc1. The maximum Gasteiger partial charge on any atom is 0.328 e. The van der Waals surface area contributed by atoms with Gasteiger partial charge in [-0.2, -0.15) is 0 Å². The second-order valence-corrected chi connectivity index (χ2v) is 4.50. The van der Waals surface area contributed by atoms with E-state index >= 15 is 0 Å². The lowest BCUT2D eigenvalue weighted by molar-refractivity contribution is -0.137. The number of amides is 3. The molecule has 108 valence electrons. The molecule has 0 aliphatic rings. The van der Waals surface area contributed by atoms with Gasteiger partial charge in [0.25, 0.3) is 0 Å². The lowest BCUT2D eigenvalue weighted by Crippen LogP contribution is -2.40. The molecule has 0 aliphatic carbocycles. The quantitative estimate of drug-likeness (QED) is 0.861. The molecular weight excluding hydrogens is 260 g/mol. The number of rotatable bonds is 5. The zero-order valence-corrected chi connectivity index (χ0v) is 11.5. The number of benzene rings is 1. The van der Waals surface area contributed by atoms with Crippen LogP contribution in [0.1, 0.15) is 24.8 Å². The first-order valence-corrected chi connectivity index (χ1v) is 6.26. The Morgan fingerprint density at radius 1 is 1.15 bits per heavy atom. The second-order valence-electron chi connectivity index (χ2n) is 4.50. The van der Waals surface area contributed by atoms with Crippen LogP contribution in [0.15, 0.2) is 24.3 Å². The molecule has 0 fully saturated rings. The van der Waals surface area contributed by atoms with Crippen molar-refractivity contribution in [1.82, 2.24) is 5.32 Å². The van der Waals surface area contributed by atoms with Crippen LogP contribution in [-0.4, -0.2) is 30.1 Å². The predicted octanol–water partition coefficient (Wildman–Crippen LogP) is 1.92. The van der Waals surface area contributed by atoms with E-state index in [2.05, 4.69) is 5.32 Å². The number of carbonyl (C=O) groups excluding carboxylic acids is 2. The van der Waals surface area contributed by atoms with Crippen molar-refractivity contribution in [2.24, 2.45) is 0 Å². The number of aryl methyl sites for hydroxylation is 1. The molecule has 6 heteroatoms. The highest BCUT2D eigenvalue weighted by Gasteiger charge is 2.14. The third-order valence-corrected chi connectivity index (χ3v) is 2.77. The summed E-state index contributed by atoms with van der Waals surface area (Å²) in [4.78, 5) is 34.9. The maximum absolute atomic E-state index is 11.8. The number of imide groups is 1. The Morgan fingerprint density at radius 3 is 2.30 bits per heavy atom. The van der Waals surface area contributed by atoms with Crippen LogP contribution < -0.4 is 10.2 Å². The van der Waals surface area contributed by atoms with Gasteiger partial charge in [-0.25, -0.2) is 4.79 Å². The minimum atomic E-state index is -0.958. The third-order valence-electron chi connectivity index (χ3n) is 2.77. The van der Waals surface area contributed by atoms with Gasteiger partial charge in [-0.1, -0.05) is 17.7 Å². The van der Waals surface area contributed by atoms with E-state index in [1.165, 1.54) is 4.90 Å². The zero-order valence-electron chi connectivity index (χ0n) is 11.5. The van der Waals surface area contributed by atoms with Gasteiger partial charge in [-0.05, 0) is 25.5 Å². The molecule has 0 aliphatic heterocycles. The zero-order chi connectivity index (χ0) is 15.1. The molecule has 0 saturated heterocycles. The normalized spacial score (nSPS) is 9.90. The number of anilines is 1. The second kappa shape index (κ2) is 7.28. The molecule has 0 atom stereocenters. The van der Waals surface area contributed by atoms with E-state index < -0.39 is 17.9 Å². The number of urea groups is 1. The van der Waals surface area contributed by atoms with Gasteiger partial charge in [0.15, 0.2) is 0 Å². The number of carboxylic acids is 1. The van der Waals surface area contributed by atoms with Crippen LogP contribution >= 0.6 is 0 Å². The number of hydrogen-bond acceptors (Lipinski definition) is 3. The van der Waals surface area contributed by atoms with E-state index in [1.54, 1.807) is 19.2 Å². The molecule has 3 amide bonds. The van der Waals surface area contributed by atoms with E-state index in [0.717, 1.165) is 5.56 Å². The Hall–Kier alpha value is -2.37. The highest BCUT2D eigenvalue weighted by atomic mass is 16.4. The van der Waals surface area contributed by atoms with Crippen molar-refractivity contribution in [3.05, 3.63) is 29.8 Å². The fourth-order valence-electron chi connectivity index (χ4n) is 1.55. The summed E-state index contributed by atoms with van der Waals surface area (Å²) in [5.41, 5.74) is 1.75. The molecule has 2 N–H and O–H groups in total. The molecular formula is C14H18N2O4. The summed E-state index contributed by atoms with van der Waals surface area (Å²) in [5.74, 6) is -1.43. The molecule has 1 aromatic carbocycles. The molecule has 0 heterocycles. The Labute approximate surface area is 117 Å². The van der Waals surface area contributed by atoms with E-state index in [9.17, 15) is 14.4 Å². The summed E-state index contributed by atoms with van der Waals surface area (Å²) >= 11 is 0. The fourth-order valence-corrected chi connectivity index (χ4v) is 1.55. The number of nitrogens with zero attached hydrogens (tertiary/aromatic N) is 1. The van der Waals surface area contributed by atoms with E-state index in [-0.39, 0.29) is 19.3 Å². The highest BCUT2D eigenvalue weighted by molar-refractivity contribution is 6.02. The largest absolute Gasteiger partial charge is 0.481 e. The smallest absolute Gasteiger partial charge is 0.328 e. The Bertz CT molecular complexity index is 496. The van der Waals surface area contributed by atoms with E-state index in [1.807, 2.05) is 19.1 Å². The molecule has 6 nitrogen and oxygen atoms in total. The lowest BCUT2D eigenvalue weighted by Gasteiger charge is -2.17. The van der Waals surface area contributed by atoms with E-state index in [0.29, 0.717) is 5.69 Å². The minimum Gasteiger partial charge on any atom is -0.481 e. The summed E-state index contributed by atoms with van der Waals surface area (Å²) in [6.45, 7) is 1.94. The van der Waals surface area contributed by atoms with Gasteiger partial charge in [0.05, 0.1) is 0 Å². The monoisotopic (exact) mass is 278 g/mol. The Balaban J connectivity index is 2.47. The lowest BCUT2D eigenvalue weighted by atomic mass is 10.2. The maximum atomic E-state index is 11.8. The summed E-state index contributed by atoms with van der Waals surface area (Å²) in [5, 5.41) is 10.7. The van der Waals surface area contributed by atoms with Crippen LogP contribution in [0.2, 0.25) is 0 Å². The summed E-state index contributed by atoms with van der Waals surface area (Å²) in [7, 11) is 1.56. The average molecular weight is 278 g/mol. The Morgan fingerprint density at radius 2 is 1.75 bits per heavy atom. The van der Waals surface area contributed by atoms with Crippen molar-refractivity contribution in [2.45, 2.75) is 26.2 Å². The molecule has 0 bridgehead atoms. The van der Waals surface area contributed by atoms with Crippen LogP contribution in [0.5, 0.6) is 0 Å². The first kappa shape index (κ1) is 15.7. The molecule has 0 saturated carbocycles. The van der Waals surface area contributed by atoms with Gasteiger partial charge in [0.1, 0.15) is 0 Å². The van der Waals surface area contributed by atoms with Crippen molar-refractivity contribution in [3.8, 4) is 0 Å². The number of carbonyl (C=O) groups is 3. The van der Waals surface area contributed by atoms with Gasteiger partial charge in [-0.15, -0.1) is 0 Å². The van der Waals surface area contributed by atoms with Crippen LogP contribution in [0.25, 0.3) is 0 Å². The van der Waals surface area contributed by atoms with Crippen LogP contribution in [0.3, 0.4) is 0 Å². The van der Waals surface area contributed by atoms with Crippen molar-refractivity contribution in [3.63, 3.8) is 0 Å². The summed E-state index contributed by atoms with van der Waals surface area (Å²) in [6.07, 6.45) is 0.137. The summed E-state index contributed by atoms with van der Waals surface area (Å²) in [6, 6.07) is 6.77. The standard InChI is InChI=1S/C14H18N2O4/c1-10-6-8-11(9-7-10)16(2)14(20)15-12(17)4-3-5-13(18)19/h6-9H,3-5H2,1-2H3,(H,18,19)(H,15,17,20). The number of nitrogens with one attached hydrogen (secondary N) is 1. The van der Waals surface area contributed by atoms with Gasteiger partial charge in [0.2, 0.25) is 5.91 Å². The first-order valence-electron chi connectivity index (χ1n) is 6.26. The first-order chi connectivity index (χ1) is 9.40. The molecule has 0 unspecified atom stereocenters. The fraction of sp³-hybridized carbons (Fsp3) is 0.357. The van der Waals surface area contributed by atoms with Gasteiger partial charge >= 0.3 is 12.0 Å². The highest BCUT2D eigenvalue weighted by Crippen LogP contribution is 2.13. The van der Waals surface area contributed by atoms with Crippen molar-refractivity contribution < 1.29 is 19.5 Å². The van der Waals surface area contributed by atoms with Crippen molar-refractivity contribution >= 4 is 23.6 Å². The van der Waals surface area contributed by atoms with Crippen molar-refractivity contribution in [1.29, 1.82) is 0 Å². The van der Waals surface area contributed by atoms with E-state index in [4.69, 9.17) is 5.11 Å². The van der Waals surface area contributed by atoms with Crippen LogP contribution in [-0.2, 0) is 9.59 Å².